The summed E-state index contributed by atoms with van der Waals surface area (Å²) in [4.78, 5) is 16.0. The Balaban J connectivity index is 1.48. The number of ether oxygens (including phenoxy) is 1. The lowest BCUT2D eigenvalue weighted by molar-refractivity contribution is -0.123. The normalized spacial score (nSPS) is 10.5. The monoisotopic (exact) mass is 335 g/mol. The Morgan fingerprint density at radius 1 is 1.12 bits per heavy atom. The number of benzene rings is 2. The van der Waals surface area contributed by atoms with Gasteiger partial charge in [-0.3, -0.25) is 4.79 Å². The van der Waals surface area contributed by atoms with Crippen LogP contribution in [0.1, 0.15) is 16.7 Å². The molecule has 1 aromatic heterocycles. The third-order valence-corrected chi connectivity index (χ3v) is 4.08. The first-order valence-electron chi connectivity index (χ1n) is 8.16. The smallest absolute Gasteiger partial charge is 0.258 e. The molecule has 25 heavy (non-hydrogen) atoms. The first-order valence-corrected chi connectivity index (χ1v) is 8.16. The summed E-state index contributed by atoms with van der Waals surface area (Å²) in [5.41, 5.74) is 4.42. The van der Waals surface area contributed by atoms with E-state index in [1.165, 1.54) is 5.56 Å². The lowest BCUT2D eigenvalue weighted by Gasteiger charge is -2.09. The van der Waals surface area contributed by atoms with Crippen LogP contribution in [0.25, 0.3) is 5.69 Å². The maximum Gasteiger partial charge on any atom is 0.258 e. The van der Waals surface area contributed by atoms with Crippen LogP contribution in [-0.2, 0) is 11.3 Å². The molecule has 0 saturated carbocycles. The van der Waals surface area contributed by atoms with E-state index in [1.54, 1.807) is 12.5 Å². The number of carbonyl (C=O) groups excluding carboxylic acids is 1. The molecule has 5 nitrogen and oxygen atoms in total. The fourth-order valence-corrected chi connectivity index (χ4v) is 2.40. The van der Waals surface area contributed by atoms with Gasteiger partial charge in [-0.05, 0) is 54.8 Å². The van der Waals surface area contributed by atoms with Crippen molar-refractivity contribution >= 4 is 5.91 Å². The van der Waals surface area contributed by atoms with Gasteiger partial charge in [0.1, 0.15) is 5.75 Å². The van der Waals surface area contributed by atoms with E-state index < -0.39 is 0 Å². The highest BCUT2D eigenvalue weighted by molar-refractivity contribution is 5.77. The highest BCUT2D eigenvalue weighted by Gasteiger charge is 2.04. The molecule has 0 unspecified atom stereocenters. The Hall–Kier alpha value is -3.08. The predicted octanol–water partition coefficient (Wildman–Crippen LogP) is 3.18. The third-order valence-electron chi connectivity index (χ3n) is 4.08. The maximum absolute atomic E-state index is 11.9. The minimum atomic E-state index is -0.142. The van der Waals surface area contributed by atoms with Gasteiger partial charge in [0.15, 0.2) is 6.61 Å². The van der Waals surface area contributed by atoms with Crippen LogP contribution >= 0.6 is 0 Å². The number of nitrogens with one attached hydrogen (secondary N) is 1. The predicted molar refractivity (Wildman–Crippen MR) is 96.8 cm³/mol. The highest BCUT2D eigenvalue weighted by atomic mass is 16.5. The Bertz CT molecular complexity index is 840. The lowest BCUT2D eigenvalue weighted by Crippen LogP contribution is -2.28. The number of hydrogen-bond donors (Lipinski definition) is 1. The first kappa shape index (κ1) is 16.8. The summed E-state index contributed by atoms with van der Waals surface area (Å²) in [7, 11) is 0. The summed E-state index contributed by atoms with van der Waals surface area (Å²) >= 11 is 0. The molecular formula is C20H21N3O2. The molecule has 2 aromatic carbocycles. The summed E-state index contributed by atoms with van der Waals surface area (Å²) in [5, 5.41) is 2.87. The number of nitrogens with zero attached hydrogens (tertiary/aromatic N) is 2. The first-order chi connectivity index (χ1) is 12.1. The van der Waals surface area contributed by atoms with Crippen molar-refractivity contribution < 1.29 is 9.53 Å². The van der Waals surface area contributed by atoms with Gasteiger partial charge in [0.2, 0.25) is 0 Å². The standard InChI is InChI=1S/C20H21N3O2/c1-15-3-8-19(11-16(15)2)25-13-20(24)22-12-17-4-6-18(7-5-17)23-10-9-21-14-23/h3-11,14H,12-13H2,1-2H3,(H,22,24). The second-order valence-corrected chi connectivity index (χ2v) is 5.95. The van der Waals surface area contributed by atoms with Crippen molar-refractivity contribution in [2.75, 3.05) is 6.61 Å². The van der Waals surface area contributed by atoms with E-state index in [9.17, 15) is 4.79 Å². The van der Waals surface area contributed by atoms with Crippen molar-refractivity contribution in [1.29, 1.82) is 0 Å². The van der Waals surface area contributed by atoms with Gasteiger partial charge in [0, 0.05) is 24.6 Å². The molecule has 0 aliphatic rings. The number of aryl methyl sites for hydroxylation is 2. The van der Waals surface area contributed by atoms with Crippen molar-refractivity contribution in [3.63, 3.8) is 0 Å². The molecule has 1 heterocycles. The van der Waals surface area contributed by atoms with Crippen molar-refractivity contribution in [3.05, 3.63) is 77.9 Å². The average molecular weight is 335 g/mol. The van der Waals surface area contributed by atoms with Gasteiger partial charge in [0.25, 0.3) is 5.91 Å². The second-order valence-electron chi connectivity index (χ2n) is 5.95. The third kappa shape index (κ3) is 4.47. The summed E-state index contributed by atoms with van der Waals surface area (Å²) in [6.07, 6.45) is 5.38. The second kappa shape index (κ2) is 7.66. The summed E-state index contributed by atoms with van der Waals surface area (Å²) in [5.74, 6) is 0.569. The molecule has 0 bridgehead atoms. The van der Waals surface area contributed by atoms with Gasteiger partial charge in [-0.2, -0.15) is 0 Å². The summed E-state index contributed by atoms with van der Waals surface area (Å²) < 4.78 is 7.47. The zero-order chi connectivity index (χ0) is 17.6. The number of rotatable bonds is 6. The summed E-state index contributed by atoms with van der Waals surface area (Å²) in [6.45, 7) is 4.55. The Morgan fingerprint density at radius 3 is 2.60 bits per heavy atom. The van der Waals surface area contributed by atoms with E-state index >= 15 is 0 Å². The van der Waals surface area contributed by atoms with Gasteiger partial charge in [-0.25, -0.2) is 4.98 Å². The number of hydrogen-bond acceptors (Lipinski definition) is 3. The van der Waals surface area contributed by atoms with E-state index in [-0.39, 0.29) is 12.5 Å². The van der Waals surface area contributed by atoms with E-state index in [1.807, 2.05) is 67.1 Å². The number of carbonyl (C=O) groups is 1. The molecule has 3 rings (SSSR count). The molecule has 0 spiro atoms. The molecule has 3 aromatic rings. The fraction of sp³-hybridized carbons (Fsp3) is 0.200. The molecule has 0 aliphatic heterocycles. The minimum Gasteiger partial charge on any atom is -0.484 e. The molecule has 0 radical (unpaired) electrons. The number of aromatic nitrogens is 2. The summed E-state index contributed by atoms with van der Waals surface area (Å²) in [6, 6.07) is 13.8. The van der Waals surface area contributed by atoms with Gasteiger partial charge in [0.05, 0.1) is 6.33 Å². The van der Waals surface area contributed by atoms with Gasteiger partial charge >= 0.3 is 0 Å². The molecule has 0 saturated heterocycles. The van der Waals surface area contributed by atoms with Crippen molar-refractivity contribution in [2.45, 2.75) is 20.4 Å². The molecule has 1 N–H and O–H groups in total. The molecule has 5 heteroatoms. The zero-order valence-electron chi connectivity index (χ0n) is 14.4. The van der Waals surface area contributed by atoms with Crippen molar-refractivity contribution in [1.82, 2.24) is 14.9 Å². The largest absolute Gasteiger partial charge is 0.484 e. The molecule has 128 valence electrons. The van der Waals surface area contributed by atoms with Crippen molar-refractivity contribution in [2.24, 2.45) is 0 Å². The lowest BCUT2D eigenvalue weighted by atomic mass is 10.1. The average Bonchev–Trinajstić information content (AvgIpc) is 3.16. The van der Waals surface area contributed by atoms with Crippen LogP contribution < -0.4 is 10.1 Å². The van der Waals surface area contributed by atoms with Crippen LogP contribution in [0, 0.1) is 13.8 Å². The Morgan fingerprint density at radius 2 is 1.92 bits per heavy atom. The quantitative estimate of drug-likeness (QED) is 0.753. The SMILES string of the molecule is Cc1ccc(OCC(=O)NCc2ccc(-n3ccnc3)cc2)cc1C. The van der Waals surface area contributed by atoms with Gasteiger partial charge in [-0.15, -0.1) is 0 Å². The fourth-order valence-electron chi connectivity index (χ4n) is 2.40. The number of imidazole rings is 1. The zero-order valence-corrected chi connectivity index (χ0v) is 14.4. The van der Waals surface area contributed by atoms with Crippen LogP contribution in [0.5, 0.6) is 5.75 Å². The van der Waals surface area contributed by atoms with Crippen molar-refractivity contribution in [3.8, 4) is 11.4 Å². The van der Waals surface area contributed by atoms with E-state index in [0.717, 1.165) is 16.8 Å². The topological polar surface area (TPSA) is 56.1 Å². The molecule has 0 fully saturated rings. The number of amides is 1. The van der Waals surface area contributed by atoms with Gasteiger partial charge < -0.3 is 14.6 Å². The van der Waals surface area contributed by atoms with E-state index in [4.69, 9.17) is 4.74 Å². The van der Waals surface area contributed by atoms with Crippen LogP contribution in [0.2, 0.25) is 0 Å². The Kier molecular flexibility index (Phi) is 5.14. The van der Waals surface area contributed by atoms with Crippen LogP contribution in [0.3, 0.4) is 0 Å². The van der Waals surface area contributed by atoms with Gasteiger partial charge in [-0.1, -0.05) is 18.2 Å². The van der Waals surface area contributed by atoms with E-state index in [2.05, 4.69) is 10.3 Å². The van der Waals surface area contributed by atoms with Crippen LogP contribution in [0.4, 0.5) is 0 Å². The molecule has 0 atom stereocenters. The van der Waals surface area contributed by atoms with Crippen LogP contribution in [-0.4, -0.2) is 22.1 Å². The molecular weight excluding hydrogens is 314 g/mol. The Labute approximate surface area is 147 Å². The molecule has 1 amide bonds. The minimum absolute atomic E-state index is 0.00954. The van der Waals surface area contributed by atoms with E-state index in [0.29, 0.717) is 12.3 Å². The molecule has 0 aliphatic carbocycles. The highest BCUT2D eigenvalue weighted by Crippen LogP contribution is 2.16. The van der Waals surface area contributed by atoms with Crippen LogP contribution in [0.15, 0.2) is 61.2 Å². The maximum atomic E-state index is 11.9.